The number of hydrogen-bond acceptors (Lipinski definition) is 21. The van der Waals surface area contributed by atoms with E-state index in [0.29, 0.717) is 18.3 Å². The van der Waals surface area contributed by atoms with Crippen molar-refractivity contribution in [2.45, 2.75) is 175 Å². The fourth-order valence-electron chi connectivity index (χ4n) is 9.20. The van der Waals surface area contributed by atoms with Crippen molar-refractivity contribution in [3.05, 3.63) is 47.5 Å². The van der Waals surface area contributed by atoms with Crippen molar-refractivity contribution >= 4 is 11.9 Å². The van der Waals surface area contributed by atoms with Gasteiger partial charge in [-0.25, -0.2) is 4.79 Å². The molecule has 20 atom stereocenters. The van der Waals surface area contributed by atoms with Gasteiger partial charge in [0.2, 0.25) is 5.91 Å². The van der Waals surface area contributed by atoms with Gasteiger partial charge in [0.1, 0.15) is 85.4 Å². The number of aliphatic hydroxyl groups is 13. The molecule has 0 spiro atoms. The Morgan fingerprint density at radius 1 is 0.701 bits per heavy atom. The number of benzene rings is 1. The highest BCUT2D eigenvalue weighted by Crippen LogP contribution is 2.35. The summed E-state index contributed by atoms with van der Waals surface area (Å²) in [5.41, 5.74) is 0.943. The zero-order valence-corrected chi connectivity index (χ0v) is 37.5. The van der Waals surface area contributed by atoms with E-state index in [9.17, 15) is 81.1 Å². The maximum Gasteiger partial charge on any atom is 0.326 e. The summed E-state index contributed by atoms with van der Waals surface area (Å²) in [4.78, 5) is 23.9. The Labute approximate surface area is 387 Å². The van der Waals surface area contributed by atoms with E-state index in [0.717, 1.165) is 31.2 Å². The molecule has 0 bridgehead atoms. The fraction of sp³-hybridized carbons (Fsp3) is 0.773. The van der Waals surface area contributed by atoms with Crippen LogP contribution in [0.4, 0.5) is 0 Å². The van der Waals surface area contributed by atoms with E-state index in [-0.39, 0.29) is 17.4 Å². The monoisotopic (exact) mass is 962 g/mol. The lowest BCUT2D eigenvalue weighted by Gasteiger charge is -2.48. The van der Waals surface area contributed by atoms with Crippen molar-refractivity contribution in [3.8, 4) is 0 Å². The topological polar surface area (TPSA) is 388 Å². The molecule has 23 nitrogen and oxygen atoms in total. The minimum absolute atomic E-state index is 0.0225. The standard InChI is InChI=1S/C25H43NO18.C19H27NO3/c1-6-11(26-8-2-7(3-27)12(30)15(33)13(8)31)14(32)19(37)24(40-6)43-22-10(5-29)42-25(20(38)17(22)35)44-21-9(4-28)41-23(39)18(36)16(21)34;1-13(2)15-8-10-16(11-9-15)18(21)20-17(19(22)23)12-14-6-4-3-5-7-14/h2,6,8-39H,3-5H2,1H3;3-7,13,15-17H,8-12H2,1-2H3,(H,20,21)(H,22,23)/t6-,8+,9-,10-,11-,12-,13+,14+,15+,16-,17-,18-,19-,20-,21-,22-,23?,24-,25-;15?,16?,17-/m11/s1. The van der Waals surface area contributed by atoms with E-state index in [4.69, 9.17) is 23.7 Å². The molecule has 2 aliphatic carbocycles. The van der Waals surface area contributed by atoms with Crippen LogP contribution in [0.5, 0.6) is 0 Å². The lowest BCUT2D eigenvalue weighted by atomic mass is 9.76. The van der Waals surface area contributed by atoms with Gasteiger partial charge < -0.3 is 106 Å². The lowest BCUT2D eigenvalue weighted by Crippen LogP contribution is -2.68. The first-order valence-corrected chi connectivity index (χ1v) is 22.7. The molecule has 0 aromatic heterocycles. The number of hydrogen-bond donors (Lipinski definition) is 16. The second-order valence-corrected chi connectivity index (χ2v) is 18.3. The van der Waals surface area contributed by atoms with Crippen molar-refractivity contribution < 1.29 is 105 Å². The molecular weight excluding hydrogens is 892 g/mol. The zero-order chi connectivity index (χ0) is 49.4. The number of carboxylic acid groups (broad SMARTS) is 1. The molecule has 16 N–H and O–H groups in total. The van der Waals surface area contributed by atoms with Crippen LogP contribution in [0.15, 0.2) is 42.0 Å². The van der Waals surface area contributed by atoms with Crippen LogP contribution in [-0.2, 0) is 39.7 Å². The molecule has 0 radical (unpaired) electrons. The maximum atomic E-state index is 12.4. The SMILES string of the molecule is CC(C)C1CCC(C(=O)N[C@H](Cc2ccccc2)C(=O)O)CC1.C[C@H]1O[C@H](O[C@H]2[C@H](O)[C@@H](O)[C@@H](O[C@H]3[C@H](O)[C@@H](O)C(O)O[C@@H]3CO)O[C@@H]2CO)[C@H](O)[C@@H](O)[C@@H]1N[C@H]1C=C(CO)[C@@H](O)[C@H](O)[C@H]1O. The Hall–Kier alpha value is -2.86. The number of nitrogens with one attached hydrogen (secondary N) is 2. The number of ether oxygens (including phenoxy) is 5. The average molecular weight is 963 g/mol. The first kappa shape index (κ1) is 55.1. The number of aliphatic carboxylic acids is 1. The van der Waals surface area contributed by atoms with Crippen LogP contribution < -0.4 is 10.6 Å². The van der Waals surface area contributed by atoms with Gasteiger partial charge in [-0.05, 0) is 55.6 Å². The quantitative estimate of drug-likeness (QED) is 0.0730. The van der Waals surface area contributed by atoms with Gasteiger partial charge in [-0.2, -0.15) is 0 Å². The predicted molar refractivity (Wildman–Crippen MR) is 228 cm³/mol. The van der Waals surface area contributed by atoms with E-state index in [1.807, 2.05) is 30.3 Å². The highest BCUT2D eigenvalue weighted by molar-refractivity contribution is 5.85. The Morgan fingerprint density at radius 2 is 1.25 bits per heavy atom. The molecule has 6 rings (SSSR count). The summed E-state index contributed by atoms with van der Waals surface area (Å²) < 4.78 is 27.4. The first-order chi connectivity index (χ1) is 31.7. The minimum atomic E-state index is -1.93. The van der Waals surface area contributed by atoms with Crippen molar-refractivity contribution in [2.24, 2.45) is 17.8 Å². The van der Waals surface area contributed by atoms with E-state index in [2.05, 4.69) is 24.5 Å². The smallest absolute Gasteiger partial charge is 0.326 e. The summed E-state index contributed by atoms with van der Waals surface area (Å²) in [5, 5.41) is 148. The average Bonchev–Trinajstić information content (AvgIpc) is 3.31. The molecule has 382 valence electrons. The normalized spacial score (nSPS) is 41.9. The summed E-state index contributed by atoms with van der Waals surface area (Å²) in [6, 6.07) is 6.40. The second kappa shape index (κ2) is 24.8. The van der Waals surface area contributed by atoms with Gasteiger partial charge in [-0.1, -0.05) is 50.3 Å². The van der Waals surface area contributed by atoms with E-state index >= 15 is 0 Å². The van der Waals surface area contributed by atoms with Gasteiger partial charge in [0.15, 0.2) is 18.9 Å². The van der Waals surface area contributed by atoms with Gasteiger partial charge in [-0.15, -0.1) is 0 Å². The van der Waals surface area contributed by atoms with Crippen LogP contribution in [0.25, 0.3) is 0 Å². The second-order valence-electron chi connectivity index (χ2n) is 18.3. The summed E-state index contributed by atoms with van der Waals surface area (Å²) in [7, 11) is 0. The molecule has 5 aliphatic rings. The first-order valence-electron chi connectivity index (χ1n) is 22.7. The lowest BCUT2D eigenvalue weighted by molar-refractivity contribution is -0.373. The Bertz CT molecular complexity index is 1720. The largest absolute Gasteiger partial charge is 0.480 e. The third kappa shape index (κ3) is 13.3. The Morgan fingerprint density at radius 3 is 1.81 bits per heavy atom. The molecular formula is C44H70N2O21. The third-order valence-electron chi connectivity index (χ3n) is 13.5. The van der Waals surface area contributed by atoms with Crippen LogP contribution in [0, 0.1) is 17.8 Å². The number of amides is 1. The molecule has 1 unspecified atom stereocenters. The summed E-state index contributed by atoms with van der Waals surface area (Å²) in [6.45, 7) is 3.70. The highest BCUT2D eigenvalue weighted by atomic mass is 16.7. The van der Waals surface area contributed by atoms with Crippen molar-refractivity contribution in [1.82, 2.24) is 10.6 Å². The van der Waals surface area contributed by atoms with Gasteiger partial charge in [0.05, 0.1) is 38.0 Å². The molecule has 1 aromatic carbocycles. The van der Waals surface area contributed by atoms with Gasteiger partial charge in [-0.3, -0.25) is 4.79 Å². The van der Waals surface area contributed by atoms with Crippen LogP contribution >= 0.6 is 0 Å². The van der Waals surface area contributed by atoms with E-state index in [1.54, 1.807) is 0 Å². The number of carbonyl (C=O) groups is 2. The molecule has 4 fully saturated rings. The van der Waals surface area contributed by atoms with E-state index < -0.39 is 148 Å². The van der Waals surface area contributed by atoms with Gasteiger partial charge in [0, 0.05) is 12.3 Å². The number of carboxylic acids is 1. The molecule has 3 saturated heterocycles. The molecule has 3 aliphatic heterocycles. The summed E-state index contributed by atoms with van der Waals surface area (Å²) >= 11 is 0. The molecule has 1 aromatic rings. The number of aliphatic hydroxyl groups excluding tert-OH is 13. The Balaban J connectivity index is 0.000000306. The molecule has 1 saturated carbocycles. The van der Waals surface area contributed by atoms with Gasteiger partial charge >= 0.3 is 5.97 Å². The van der Waals surface area contributed by atoms with Crippen LogP contribution in [0.2, 0.25) is 0 Å². The number of carbonyl (C=O) groups excluding carboxylic acids is 1. The predicted octanol–water partition coefficient (Wildman–Crippen LogP) is -5.30. The minimum Gasteiger partial charge on any atom is -0.480 e. The Kier molecular flexibility index (Phi) is 20.4. The highest BCUT2D eigenvalue weighted by Gasteiger charge is 2.53. The molecule has 23 heteroatoms. The van der Waals surface area contributed by atoms with Crippen LogP contribution in [-0.4, -0.2) is 226 Å². The maximum absolute atomic E-state index is 12.4. The molecule has 3 heterocycles. The molecule has 67 heavy (non-hydrogen) atoms. The van der Waals surface area contributed by atoms with Gasteiger partial charge in [0.25, 0.3) is 0 Å². The van der Waals surface area contributed by atoms with Crippen LogP contribution in [0.1, 0.15) is 52.0 Å². The number of rotatable bonds is 15. The van der Waals surface area contributed by atoms with Crippen molar-refractivity contribution in [3.63, 3.8) is 0 Å². The molecule has 1 amide bonds. The van der Waals surface area contributed by atoms with Crippen LogP contribution in [0.3, 0.4) is 0 Å². The summed E-state index contributed by atoms with van der Waals surface area (Å²) in [6.07, 6.45) is -22.4. The summed E-state index contributed by atoms with van der Waals surface area (Å²) in [5.74, 6) is 0.235. The fourth-order valence-corrected chi connectivity index (χ4v) is 9.20. The van der Waals surface area contributed by atoms with E-state index in [1.165, 1.54) is 13.0 Å². The van der Waals surface area contributed by atoms with Crippen molar-refractivity contribution in [2.75, 3.05) is 19.8 Å². The zero-order valence-electron chi connectivity index (χ0n) is 37.5. The van der Waals surface area contributed by atoms with Crippen molar-refractivity contribution in [1.29, 1.82) is 0 Å². The third-order valence-corrected chi connectivity index (χ3v) is 13.5.